The van der Waals surface area contributed by atoms with E-state index in [1.54, 1.807) is 30.5 Å². The number of hydrogen-bond acceptors (Lipinski definition) is 3. The summed E-state index contributed by atoms with van der Waals surface area (Å²) in [5, 5.41) is 9.47. The summed E-state index contributed by atoms with van der Waals surface area (Å²) in [6.45, 7) is 2.26. The minimum Gasteiger partial charge on any atom is -0.487 e. The van der Waals surface area contributed by atoms with Crippen LogP contribution in [0.25, 0.3) is 0 Å². The maximum absolute atomic E-state index is 8.84. The van der Waals surface area contributed by atoms with Crippen LogP contribution < -0.4 is 4.74 Å². The largest absolute Gasteiger partial charge is 0.487 e. The molecule has 0 fully saturated rings. The Bertz CT molecular complexity index is 605. The average molecular weight is 259 g/mol. The minimum absolute atomic E-state index is 0.330. The van der Waals surface area contributed by atoms with E-state index in [9.17, 15) is 0 Å². The summed E-state index contributed by atoms with van der Waals surface area (Å²) in [5.41, 5.74) is 2.31. The monoisotopic (exact) mass is 258 g/mol. The fourth-order valence-corrected chi connectivity index (χ4v) is 1.69. The molecule has 0 radical (unpaired) electrons. The second-order valence-electron chi connectivity index (χ2n) is 3.85. The molecule has 18 heavy (non-hydrogen) atoms. The third kappa shape index (κ3) is 2.99. The maximum Gasteiger partial charge on any atom is 0.130 e. The Morgan fingerprint density at radius 2 is 2.17 bits per heavy atom. The summed E-state index contributed by atoms with van der Waals surface area (Å²) in [4.78, 5) is 4.15. The molecule has 2 rings (SSSR count). The van der Waals surface area contributed by atoms with E-state index in [4.69, 9.17) is 21.6 Å². The Kier molecular flexibility index (Phi) is 3.81. The van der Waals surface area contributed by atoms with Gasteiger partial charge >= 0.3 is 0 Å². The van der Waals surface area contributed by atoms with Crippen LogP contribution in [-0.4, -0.2) is 4.98 Å². The van der Waals surface area contributed by atoms with Crippen LogP contribution in [0.2, 0.25) is 5.02 Å². The van der Waals surface area contributed by atoms with Crippen molar-refractivity contribution in [2.75, 3.05) is 0 Å². The van der Waals surface area contributed by atoms with E-state index in [-0.39, 0.29) is 0 Å². The molecule has 0 saturated heterocycles. The lowest BCUT2D eigenvalue weighted by Gasteiger charge is -2.09. The number of aromatic nitrogens is 1. The molecule has 4 heteroatoms. The second kappa shape index (κ2) is 5.52. The van der Waals surface area contributed by atoms with Gasteiger partial charge in [-0.25, -0.2) is 0 Å². The van der Waals surface area contributed by atoms with Gasteiger partial charge in [0.1, 0.15) is 12.4 Å². The van der Waals surface area contributed by atoms with Gasteiger partial charge in [0.25, 0.3) is 0 Å². The van der Waals surface area contributed by atoms with Gasteiger partial charge in [0.05, 0.1) is 17.3 Å². The SMILES string of the molecule is Cc1ccc(C#N)cc1OCc1cc(Cl)ccn1. The fourth-order valence-electron chi connectivity index (χ4n) is 1.50. The van der Waals surface area contributed by atoms with E-state index in [1.807, 2.05) is 13.0 Å². The summed E-state index contributed by atoms with van der Waals surface area (Å²) in [6.07, 6.45) is 1.64. The first-order chi connectivity index (χ1) is 8.69. The Hall–Kier alpha value is -2.05. The molecule has 1 aromatic heterocycles. The topological polar surface area (TPSA) is 45.9 Å². The Balaban J connectivity index is 2.13. The lowest BCUT2D eigenvalue weighted by atomic mass is 10.1. The average Bonchev–Trinajstić information content (AvgIpc) is 2.38. The predicted molar refractivity (Wildman–Crippen MR) is 69.5 cm³/mol. The molecule has 3 nitrogen and oxygen atoms in total. The number of hydrogen-bond donors (Lipinski definition) is 0. The molecule has 1 aromatic carbocycles. The highest BCUT2D eigenvalue weighted by molar-refractivity contribution is 6.30. The van der Waals surface area contributed by atoms with E-state index in [0.717, 1.165) is 11.3 Å². The van der Waals surface area contributed by atoms with Crippen LogP contribution in [0, 0.1) is 18.3 Å². The lowest BCUT2D eigenvalue weighted by molar-refractivity contribution is 0.299. The van der Waals surface area contributed by atoms with E-state index in [2.05, 4.69) is 11.1 Å². The van der Waals surface area contributed by atoms with Crippen molar-refractivity contribution < 1.29 is 4.74 Å². The number of nitriles is 1. The molecule has 0 atom stereocenters. The van der Waals surface area contributed by atoms with Gasteiger partial charge in [0.15, 0.2) is 0 Å². The van der Waals surface area contributed by atoms with Crippen LogP contribution in [0.4, 0.5) is 0 Å². The molecule has 0 aliphatic rings. The van der Waals surface area contributed by atoms with Crippen molar-refractivity contribution in [3.8, 4) is 11.8 Å². The quantitative estimate of drug-likeness (QED) is 0.847. The molecule has 0 bridgehead atoms. The molecule has 2 aromatic rings. The molecular weight excluding hydrogens is 248 g/mol. The van der Waals surface area contributed by atoms with E-state index >= 15 is 0 Å². The van der Waals surface area contributed by atoms with Crippen LogP contribution in [0.3, 0.4) is 0 Å². The number of aryl methyl sites for hydroxylation is 1. The third-order valence-corrected chi connectivity index (χ3v) is 2.71. The minimum atomic E-state index is 0.330. The molecule has 90 valence electrons. The summed E-state index contributed by atoms with van der Waals surface area (Å²) in [5.74, 6) is 0.691. The zero-order valence-corrected chi connectivity index (χ0v) is 10.6. The highest BCUT2D eigenvalue weighted by Crippen LogP contribution is 2.20. The predicted octanol–water partition coefficient (Wildman–Crippen LogP) is 3.49. The number of rotatable bonds is 3. The first kappa shape index (κ1) is 12.4. The Morgan fingerprint density at radius 1 is 1.33 bits per heavy atom. The van der Waals surface area contributed by atoms with Gasteiger partial charge in [0, 0.05) is 11.2 Å². The first-order valence-electron chi connectivity index (χ1n) is 5.43. The van der Waals surface area contributed by atoms with Gasteiger partial charge in [-0.3, -0.25) is 4.98 Å². The standard InChI is InChI=1S/C14H11ClN2O/c1-10-2-3-11(8-16)6-14(10)18-9-13-7-12(15)4-5-17-13/h2-7H,9H2,1H3. The van der Waals surface area contributed by atoms with Crippen LogP contribution in [0.1, 0.15) is 16.8 Å². The smallest absolute Gasteiger partial charge is 0.130 e. The highest BCUT2D eigenvalue weighted by atomic mass is 35.5. The molecule has 1 heterocycles. The van der Waals surface area contributed by atoms with E-state index < -0.39 is 0 Å². The Morgan fingerprint density at radius 3 is 2.89 bits per heavy atom. The van der Waals surface area contributed by atoms with Crippen molar-refractivity contribution in [2.45, 2.75) is 13.5 Å². The second-order valence-corrected chi connectivity index (χ2v) is 4.28. The summed E-state index contributed by atoms with van der Waals surface area (Å²) >= 11 is 5.87. The van der Waals surface area contributed by atoms with Gasteiger partial charge in [-0.2, -0.15) is 5.26 Å². The number of ether oxygens (including phenoxy) is 1. The van der Waals surface area contributed by atoms with Crippen molar-refractivity contribution in [1.82, 2.24) is 4.98 Å². The van der Waals surface area contributed by atoms with Crippen LogP contribution >= 0.6 is 11.6 Å². The van der Waals surface area contributed by atoms with E-state index in [0.29, 0.717) is 22.9 Å². The molecule has 0 saturated carbocycles. The van der Waals surface area contributed by atoms with Crippen molar-refractivity contribution in [2.24, 2.45) is 0 Å². The molecular formula is C14H11ClN2O. The van der Waals surface area contributed by atoms with Gasteiger partial charge in [-0.15, -0.1) is 0 Å². The van der Waals surface area contributed by atoms with Gasteiger partial charge in [-0.05, 0) is 36.8 Å². The zero-order chi connectivity index (χ0) is 13.0. The third-order valence-electron chi connectivity index (χ3n) is 2.47. The summed E-state index contributed by atoms with van der Waals surface area (Å²) < 4.78 is 5.65. The van der Waals surface area contributed by atoms with Crippen LogP contribution in [0.5, 0.6) is 5.75 Å². The maximum atomic E-state index is 8.84. The molecule has 0 N–H and O–H groups in total. The van der Waals surface area contributed by atoms with Crippen molar-refractivity contribution in [3.63, 3.8) is 0 Å². The fraction of sp³-hybridized carbons (Fsp3) is 0.143. The lowest BCUT2D eigenvalue weighted by Crippen LogP contribution is -1.99. The number of nitrogens with zero attached hydrogens (tertiary/aromatic N) is 2. The molecule has 0 unspecified atom stereocenters. The van der Waals surface area contributed by atoms with Crippen LogP contribution in [-0.2, 0) is 6.61 Å². The summed E-state index contributed by atoms with van der Waals surface area (Å²) in [6, 6.07) is 10.9. The number of benzene rings is 1. The Labute approximate surface area is 111 Å². The van der Waals surface area contributed by atoms with Crippen molar-refractivity contribution in [1.29, 1.82) is 5.26 Å². The first-order valence-corrected chi connectivity index (χ1v) is 5.81. The zero-order valence-electron chi connectivity index (χ0n) is 9.85. The highest BCUT2D eigenvalue weighted by Gasteiger charge is 2.03. The number of pyridine rings is 1. The van der Waals surface area contributed by atoms with Gasteiger partial charge in [0.2, 0.25) is 0 Å². The molecule has 0 amide bonds. The molecule has 0 aliphatic heterocycles. The van der Waals surface area contributed by atoms with Crippen LogP contribution in [0.15, 0.2) is 36.5 Å². The summed E-state index contributed by atoms with van der Waals surface area (Å²) in [7, 11) is 0. The molecule has 0 spiro atoms. The van der Waals surface area contributed by atoms with Gasteiger partial charge in [-0.1, -0.05) is 17.7 Å². The molecule has 0 aliphatic carbocycles. The van der Waals surface area contributed by atoms with Crippen molar-refractivity contribution in [3.05, 3.63) is 58.4 Å². The van der Waals surface area contributed by atoms with E-state index in [1.165, 1.54) is 0 Å². The number of halogens is 1. The van der Waals surface area contributed by atoms with Crippen molar-refractivity contribution >= 4 is 11.6 Å². The van der Waals surface area contributed by atoms with Gasteiger partial charge < -0.3 is 4.74 Å². The normalized spacial score (nSPS) is 9.83.